The first-order valence-electron chi connectivity index (χ1n) is 11.2. The summed E-state index contributed by atoms with van der Waals surface area (Å²) in [6.45, 7) is 6.53. The molecule has 1 aliphatic heterocycles. The Kier molecular flexibility index (Phi) is 8.37. The molecule has 3 heterocycles. The van der Waals surface area contributed by atoms with Crippen molar-refractivity contribution in [3.05, 3.63) is 53.6 Å². The molecule has 3 rings (SSSR count). The van der Waals surface area contributed by atoms with Crippen LogP contribution >= 0.6 is 0 Å². The lowest BCUT2D eigenvalue weighted by molar-refractivity contribution is 0.0663. The van der Waals surface area contributed by atoms with Crippen LogP contribution in [-0.2, 0) is 4.74 Å². The normalized spacial score (nSPS) is 17.2. The van der Waals surface area contributed by atoms with Crippen molar-refractivity contribution in [1.82, 2.24) is 15.3 Å². The summed E-state index contributed by atoms with van der Waals surface area (Å²) < 4.78 is 5.42. The van der Waals surface area contributed by atoms with E-state index in [0.29, 0.717) is 35.2 Å². The van der Waals surface area contributed by atoms with Gasteiger partial charge in [-0.3, -0.25) is 4.98 Å². The summed E-state index contributed by atoms with van der Waals surface area (Å²) in [5.74, 6) is 1.39. The van der Waals surface area contributed by atoms with E-state index in [0.717, 1.165) is 43.7 Å². The number of nitrogens with zero attached hydrogens (tertiary/aromatic N) is 2. The van der Waals surface area contributed by atoms with Crippen molar-refractivity contribution in [1.29, 1.82) is 5.41 Å². The molecule has 0 aliphatic carbocycles. The van der Waals surface area contributed by atoms with Crippen molar-refractivity contribution in [3.8, 4) is 0 Å². The molecule has 8 N–H and O–H groups in total. The predicted octanol–water partition coefficient (Wildman–Crippen LogP) is 2.20. The van der Waals surface area contributed by atoms with E-state index in [9.17, 15) is 5.11 Å². The lowest BCUT2D eigenvalue weighted by atomic mass is 9.98. The quantitative estimate of drug-likeness (QED) is 0.236. The molecule has 0 saturated carbocycles. The third kappa shape index (κ3) is 6.98. The van der Waals surface area contributed by atoms with Crippen LogP contribution in [0.15, 0.2) is 48.1 Å². The summed E-state index contributed by atoms with van der Waals surface area (Å²) in [6, 6.07) is 5.61. The summed E-state index contributed by atoms with van der Waals surface area (Å²) in [6.07, 6.45) is 8.31. The molecule has 1 fully saturated rings. The van der Waals surface area contributed by atoms with Gasteiger partial charge >= 0.3 is 0 Å². The van der Waals surface area contributed by atoms with Gasteiger partial charge in [0.2, 0.25) is 0 Å². The molecule has 178 valence electrons. The van der Waals surface area contributed by atoms with Crippen LogP contribution in [0.2, 0.25) is 0 Å². The number of fused-ring (bicyclic) bond motifs is 1. The van der Waals surface area contributed by atoms with Crippen LogP contribution in [0, 0.1) is 11.3 Å². The first-order valence-corrected chi connectivity index (χ1v) is 11.2. The van der Waals surface area contributed by atoms with E-state index in [2.05, 4.69) is 20.6 Å². The first kappa shape index (κ1) is 24.6. The van der Waals surface area contributed by atoms with Gasteiger partial charge in [-0.05, 0) is 69.0 Å². The third-order valence-corrected chi connectivity index (χ3v) is 5.80. The molecule has 33 heavy (non-hydrogen) atoms. The van der Waals surface area contributed by atoms with E-state index >= 15 is 0 Å². The molecule has 0 spiro atoms. The highest BCUT2D eigenvalue weighted by Gasteiger charge is 2.18. The Morgan fingerprint density at radius 3 is 2.76 bits per heavy atom. The number of anilines is 1. The molecule has 1 saturated heterocycles. The molecule has 9 nitrogen and oxygen atoms in total. The topological polar surface area (TPSA) is 155 Å². The second-order valence-electron chi connectivity index (χ2n) is 8.90. The number of ether oxygens (including phenoxy) is 1. The van der Waals surface area contributed by atoms with Crippen molar-refractivity contribution in [2.45, 2.75) is 38.2 Å². The highest BCUT2D eigenvalue weighted by Crippen LogP contribution is 2.21. The SMILES string of the molecule is CC(C)(O)C(/C=C(\N)Nc1ccc2ncc(C(C=N)CNCC3CCOCC3)cc2n1)=C/N. The maximum atomic E-state index is 10.1. The molecule has 1 unspecified atom stereocenters. The van der Waals surface area contributed by atoms with Crippen LogP contribution in [0.25, 0.3) is 11.0 Å². The van der Waals surface area contributed by atoms with Gasteiger partial charge in [0.15, 0.2) is 0 Å². The van der Waals surface area contributed by atoms with Crippen LogP contribution in [0.1, 0.15) is 38.2 Å². The van der Waals surface area contributed by atoms with Gasteiger partial charge in [0.25, 0.3) is 0 Å². The van der Waals surface area contributed by atoms with E-state index in [1.165, 1.54) is 12.4 Å². The number of nitrogens with two attached hydrogens (primary N) is 2. The van der Waals surface area contributed by atoms with E-state index in [1.54, 1.807) is 32.2 Å². The van der Waals surface area contributed by atoms with Crippen LogP contribution < -0.4 is 22.1 Å². The maximum absolute atomic E-state index is 10.1. The molecule has 0 radical (unpaired) electrons. The van der Waals surface area contributed by atoms with Gasteiger partial charge < -0.3 is 37.4 Å². The molecular weight excluding hydrogens is 418 g/mol. The Bertz CT molecular complexity index is 1010. The van der Waals surface area contributed by atoms with Crippen LogP contribution in [0.4, 0.5) is 5.82 Å². The zero-order valence-electron chi connectivity index (χ0n) is 19.3. The number of aliphatic hydroxyl groups is 1. The highest BCUT2D eigenvalue weighted by atomic mass is 16.5. The van der Waals surface area contributed by atoms with Crippen LogP contribution in [0.5, 0.6) is 0 Å². The largest absolute Gasteiger partial charge is 0.404 e. The Labute approximate surface area is 194 Å². The zero-order chi connectivity index (χ0) is 23.8. The summed E-state index contributed by atoms with van der Waals surface area (Å²) in [7, 11) is 0. The van der Waals surface area contributed by atoms with Crippen molar-refractivity contribution in [2.24, 2.45) is 17.4 Å². The van der Waals surface area contributed by atoms with Crippen LogP contribution in [-0.4, -0.2) is 53.2 Å². The summed E-state index contributed by atoms with van der Waals surface area (Å²) in [5.41, 5.74) is 13.5. The van der Waals surface area contributed by atoms with Gasteiger partial charge in [-0.2, -0.15) is 0 Å². The Balaban J connectivity index is 1.70. The number of rotatable bonds is 10. The molecule has 0 bridgehead atoms. The average Bonchev–Trinajstić information content (AvgIpc) is 2.80. The van der Waals surface area contributed by atoms with Crippen molar-refractivity contribution in [3.63, 3.8) is 0 Å². The van der Waals surface area contributed by atoms with E-state index in [4.69, 9.17) is 21.6 Å². The summed E-state index contributed by atoms with van der Waals surface area (Å²) >= 11 is 0. The van der Waals surface area contributed by atoms with Gasteiger partial charge in [0.05, 0.1) is 16.6 Å². The fourth-order valence-electron chi connectivity index (χ4n) is 3.74. The standard InChI is InChI=1S/C24H35N7O2/c1-24(2,32)19(12-26)10-22(27)31-23-4-3-20-21(30-23)9-17(15-29-20)18(11-25)14-28-13-16-5-7-33-8-6-16/h3-4,9-12,15-16,18,25,28,32H,5-8,13-14,26-27H2,1-2H3,(H,30,31)/b19-12+,22-10+,25-11?. The second-order valence-corrected chi connectivity index (χ2v) is 8.90. The van der Waals surface area contributed by atoms with Crippen molar-refractivity contribution in [2.75, 3.05) is 31.6 Å². The molecule has 0 aromatic carbocycles. The molecule has 2 aromatic heterocycles. The smallest absolute Gasteiger partial charge is 0.132 e. The highest BCUT2D eigenvalue weighted by molar-refractivity contribution is 5.78. The molecule has 0 amide bonds. The minimum absolute atomic E-state index is 0.0887. The fourth-order valence-corrected chi connectivity index (χ4v) is 3.74. The number of hydrogen-bond acceptors (Lipinski definition) is 9. The first-order chi connectivity index (χ1) is 15.8. The van der Waals surface area contributed by atoms with Crippen LogP contribution in [0.3, 0.4) is 0 Å². The monoisotopic (exact) mass is 453 g/mol. The van der Waals surface area contributed by atoms with Gasteiger partial charge in [0.1, 0.15) is 11.6 Å². The summed E-state index contributed by atoms with van der Waals surface area (Å²) in [4.78, 5) is 9.14. The third-order valence-electron chi connectivity index (χ3n) is 5.80. The molecule has 2 aromatic rings. The second kappa shape index (κ2) is 11.2. The van der Waals surface area contributed by atoms with E-state index < -0.39 is 5.60 Å². The summed E-state index contributed by atoms with van der Waals surface area (Å²) in [5, 5.41) is 24.6. The minimum Gasteiger partial charge on any atom is -0.404 e. The van der Waals surface area contributed by atoms with Gasteiger partial charge in [-0.25, -0.2) is 4.98 Å². The molecule has 1 aliphatic rings. The van der Waals surface area contributed by atoms with E-state index in [1.807, 2.05) is 12.1 Å². The Hall–Kier alpha value is -3.01. The van der Waals surface area contributed by atoms with Crippen molar-refractivity contribution >= 4 is 23.1 Å². The minimum atomic E-state index is -1.11. The van der Waals surface area contributed by atoms with E-state index in [-0.39, 0.29) is 5.92 Å². The zero-order valence-corrected chi connectivity index (χ0v) is 19.3. The Morgan fingerprint density at radius 2 is 2.09 bits per heavy atom. The maximum Gasteiger partial charge on any atom is 0.132 e. The number of hydrogen-bond donors (Lipinski definition) is 6. The van der Waals surface area contributed by atoms with Gasteiger partial charge in [-0.1, -0.05) is 0 Å². The molecule has 9 heteroatoms. The number of pyridine rings is 2. The molecule has 1 atom stereocenters. The van der Waals surface area contributed by atoms with Crippen molar-refractivity contribution < 1.29 is 9.84 Å². The van der Waals surface area contributed by atoms with Gasteiger partial charge in [0, 0.05) is 49.9 Å². The average molecular weight is 454 g/mol. The number of nitrogens with one attached hydrogen (secondary N) is 3. The lowest BCUT2D eigenvalue weighted by Gasteiger charge is -2.23. The predicted molar refractivity (Wildman–Crippen MR) is 132 cm³/mol. The number of aromatic nitrogens is 2. The lowest BCUT2D eigenvalue weighted by Crippen LogP contribution is -2.31. The Morgan fingerprint density at radius 1 is 1.33 bits per heavy atom. The van der Waals surface area contributed by atoms with Gasteiger partial charge in [-0.15, -0.1) is 0 Å². The molecular formula is C24H35N7O2. The fraction of sp³-hybridized carbons (Fsp3) is 0.458.